The number of hydrogen-bond acceptors (Lipinski definition) is 2. The molecule has 1 saturated carbocycles. The molecule has 1 aromatic rings. The first kappa shape index (κ1) is 14.8. The number of esters is 1. The number of benzene rings is 1. The van der Waals surface area contributed by atoms with Crippen molar-refractivity contribution in [1.82, 2.24) is 0 Å². The van der Waals surface area contributed by atoms with Gasteiger partial charge < -0.3 is 4.74 Å². The van der Waals surface area contributed by atoms with Gasteiger partial charge in [-0.1, -0.05) is 56.3 Å². The number of carbonyl (C=O) groups is 1. The van der Waals surface area contributed by atoms with E-state index in [0.29, 0.717) is 5.92 Å². The van der Waals surface area contributed by atoms with Crippen LogP contribution in [0.3, 0.4) is 0 Å². The number of allylic oxidation sites excluding steroid dienone is 1. The topological polar surface area (TPSA) is 26.3 Å². The SMILES string of the molecule is COC(=O)C1(C)CCC(/C=C/c2ccccc2)C1(C)C. The quantitative estimate of drug-likeness (QED) is 0.766. The molecule has 1 aliphatic carbocycles. The number of methoxy groups -OCH3 is 1. The molecule has 0 spiro atoms. The zero-order valence-corrected chi connectivity index (χ0v) is 12.8. The summed E-state index contributed by atoms with van der Waals surface area (Å²) in [5.41, 5.74) is 0.716. The molecule has 0 bridgehead atoms. The Balaban J connectivity index is 2.20. The number of carbonyl (C=O) groups excluding carboxylic acids is 1. The monoisotopic (exact) mass is 272 g/mol. The van der Waals surface area contributed by atoms with E-state index in [-0.39, 0.29) is 11.4 Å². The predicted octanol–water partition coefficient (Wildman–Crippen LogP) is 4.32. The van der Waals surface area contributed by atoms with Gasteiger partial charge in [-0.15, -0.1) is 0 Å². The van der Waals surface area contributed by atoms with Gasteiger partial charge in [-0.2, -0.15) is 0 Å². The molecule has 108 valence electrons. The number of hydrogen-bond donors (Lipinski definition) is 0. The molecule has 0 N–H and O–H groups in total. The summed E-state index contributed by atoms with van der Waals surface area (Å²) in [6.07, 6.45) is 6.33. The minimum Gasteiger partial charge on any atom is -0.469 e. The highest BCUT2D eigenvalue weighted by Crippen LogP contribution is 2.57. The second kappa shape index (κ2) is 5.43. The van der Waals surface area contributed by atoms with Crippen molar-refractivity contribution in [3.05, 3.63) is 42.0 Å². The highest BCUT2D eigenvalue weighted by Gasteiger charge is 2.55. The molecular formula is C18H24O2. The number of ether oxygens (including phenoxy) is 1. The van der Waals surface area contributed by atoms with Crippen molar-refractivity contribution in [2.75, 3.05) is 7.11 Å². The van der Waals surface area contributed by atoms with Gasteiger partial charge in [-0.25, -0.2) is 0 Å². The molecule has 0 saturated heterocycles. The normalized spacial score (nSPS) is 28.7. The van der Waals surface area contributed by atoms with E-state index in [2.05, 4.69) is 38.1 Å². The zero-order valence-electron chi connectivity index (χ0n) is 12.8. The lowest BCUT2D eigenvalue weighted by Gasteiger charge is -2.38. The van der Waals surface area contributed by atoms with Crippen LogP contribution in [0.5, 0.6) is 0 Å². The van der Waals surface area contributed by atoms with Crippen LogP contribution in [0.1, 0.15) is 39.2 Å². The Labute approximate surface area is 121 Å². The number of rotatable bonds is 3. The van der Waals surface area contributed by atoms with Crippen molar-refractivity contribution in [1.29, 1.82) is 0 Å². The second-order valence-corrected chi connectivity index (χ2v) is 6.46. The summed E-state index contributed by atoms with van der Waals surface area (Å²) in [6.45, 7) is 6.39. The summed E-state index contributed by atoms with van der Waals surface area (Å²) in [5, 5.41) is 0. The minimum atomic E-state index is -0.395. The van der Waals surface area contributed by atoms with E-state index >= 15 is 0 Å². The van der Waals surface area contributed by atoms with E-state index in [0.717, 1.165) is 12.8 Å². The van der Waals surface area contributed by atoms with E-state index in [9.17, 15) is 4.79 Å². The first-order valence-corrected chi connectivity index (χ1v) is 7.23. The van der Waals surface area contributed by atoms with Gasteiger partial charge >= 0.3 is 5.97 Å². The molecule has 0 aliphatic heterocycles. The van der Waals surface area contributed by atoms with E-state index < -0.39 is 5.41 Å². The van der Waals surface area contributed by atoms with Crippen molar-refractivity contribution in [3.8, 4) is 0 Å². The Morgan fingerprint density at radius 3 is 2.50 bits per heavy atom. The molecule has 1 fully saturated rings. The highest BCUT2D eigenvalue weighted by molar-refractivity contribution is 5.78. The maximum Gasteiger partial charge on any atom is 0.312 e. The van der Waals surface area contributed by atoms with Crippen LogP contribution >= 0.6 is 0 Å². The summed E-state index contributed by atoms with van der Waals surface area (Å²) in [7, 11) is 1.48. The van der Waals surface area contributed by atoms with Crippen LogP contribution in [-0.4, -0.2) is 13.1 Å². The van der Waals surface area contributed by atoms with Crippen molar-refractivity contribution < 1.29 is 9.53 Å². The first-order chi connectivity index (χ1) is 9.41. The summed E-state index contributed by atoms with van der Waals surface area (Å²) < 4.78 is 5.02. The maximum atomic E-state index is 12.1. The fourth-order valence-corrected chi connectivity index (χ4v) is 3.25. The summed E-state index contributed by atoms with van der Waals surface area (Å²) in [6, 6.07) is 10.3. The van der Waals surface area contributed by atoms with E-state index in [1.165, 1.54) is 12.7 Å². The minimum absolute atomic E-state index is 0.0851. The fraction of sp³-hybridized carbons (Fsp3) is 0.500. The van der Waals surface area contributed by atoms with Crippen molar-refractivity contribution in [2.45, 2.75) is 33.6 Å². The van der Waals surface area contributed by atoms with Crippen LogP contribution in [0.2, 0.25) is 0 Å². The Hall–Kier alpha value is -1.57. The molecule has 2 unspecified atom stereocenters. The molecule has 20 heavy (non-hydrogen) atoms. The van der Waals surface area contributed by atoms with Crippen LogP contribution < -0.4 is 0 Å². The van der Waals surface area contributed by atoms with Gasteiger partial charge in [0.05, 0.1) is 12.5 Å². The molecule has 0 heterocycles. The molecule has 0 radical (unpaired) electrons. The Kier molecular flexibility index (Phi) is 4.03. The van der Waals surface area contributed by atoms with Crippen molar-refractivity contribution in [3.63, 3.8) is 0 Å². The lowest BCUT2D eigenvalue weighted by Crippen LogP contribution is -2.41. The van der Waals surface area contributed by atoms with Gasteiger partial charge in [0.2, 0.25) is 0 Å². The Morgan fingerprint density at radius 2 is 1.90 bits per heavy atom. The average Bonchev–Trinajstić information content (AvgIpc) is 2.69. The lowest BCUT2D eigenvalue weighted by molar-refractivity contribution is -0.157. The molecule has 2 nitrogen and oxygen atoms in total. The smallest absolute Gasteiger partial charge is 0.312 e. The van der Waals surface area contributed by atoms with Crippen LogP contribution in [0.25, 0.3) is 6.08 Å². The largest absolute Gasteiger partial charge is 0.469 e. The lowest BCUT2D eigenvalue weighted by atomic mass is 9.65. The predicted molar refractivity (Wildman–Crippen MR) is 82.1 cm³/mol. The molecular weight excluding hydrogens is 248 g/mol. The Morgan fingerprint density at radius 1 is 1.25 bits per heavy atom. The van der Waals surface area contributed by atoms with Gasteiger partial charge in [0.15, 0.2) is 0 Å². The standard InChI is InChI=1S/C18H24O2/c1-17(2)15(11-10-14-8-6-5-7-9-14)12-13-18(17,3)16(19)20-4/h5-11,15H,12-13H2,1-4H3/b11-10+. The molecule has 2 heteroatoms. The zero-order chi connectivity index (χ0) is 14.8. The third-order valence-electron chi connectivity index (χ3n) is 5.26. The summed E-state index contributed by atoms with van der Waals surface area (Å²) in [4.78, 5) is 12.1. The molecule has 1 aromatic carbocycles. The molecule has 2 rings (SSSR count). The maximum absolute atomic E-state index is 12.1. The van der Waals surface area contributed by atoms with Gasteiger partial charge in [0.1, 0.15) is 0 Å². The van der Waals surface area contributed by atoms with Gasteiger partial charge in [0.25, 0.3) is 0 Å². The van der Waals surface area contributed by atoms with E-state index in [1.54, 1.807) is 0 Å². The molecule has 2 atom stereocenters. The molecule has 0 amide bonds. The first-order valence-electron chi connectivity index (χ1n) is 7.23. The Bertz CT molecular complexity index is 501. The third-order valence-corrected chi connectivity index (χ3v) is 5.26. The van der Waals surface area contributed by atoms with Crippen LogP contribution in [-0.2, 0) is 9.53 Å². The van der Waals surface area contributed by atoms with Gasteiger partial charge in [0, 0.05) is 0 Å². The van der Waals surface area contributed by atoms with Crippen LogP contribution in [0.4, 0.5) is 0 Å². The van der Waals surface area contributed by atoms with Crippen molar-refractivity contribution >= 4 is 12.0 Å². The molecule has 0 aromatic heterocycles. The fourth-order valence-electron chi connectivity index (χ4n) is 3.25. The van der Waals surface area contributed by atoms with E-state index in [4.69, 9.17) is 4.74 Å². The van der Waals surface area contributed by atoms with E-state index in [1.807, 2.05) is 25.1 Å². The highest BCUT2D eigenvalue weighted by atomic mass is 16.5. The van der Waals surface area contributed by atoms with Gasteiger partial charge in [-0.3, -0.25) is 4.79 Å². The molecule has 1 aliphatic rings. The third kappa shape index (κ3) is 2.39. The summed E-state index contributed by atoms with van der Waals surface area (Å²) in [5.74, 6) is 0.310. The average molecular weight is 272 g/mol. The van der Waals surface area contributed by atoms with Crippen LogP contribution in [0.15, 0.2) is 36.4 Å². The van der Waals surface area contributed by atoms with Crippen LogP contribution in [0, 0.1) is 16.7 Å². The second-order valence-electron chi connectivity index (χ2n) is 6.46. The summed E-state index contributed by atoms with van der Waals surface area (Å²) >= 11 is 0. The van der Waals surface area contributed by atoms with Gasteiger partial charge in [-0.05, 0) is 36.7 Å². The van der Waals surface area contributed by atoms with Crippen molar-refractivity contribution in [2.24, 2.45) is 16.7 Å².